The Hall–Kier alpha value is -2.59. The van der Waals surface area contributed by atoms with Crippen molar-refractivity contribution in [1.29, 1.82) is 5.26 Å². The van der Waals surface area contributed by atoms with Crippen LogP contribution in [0.3, 0.4) is 0 Å². The summed E-state index contributed by atoms with van der Waals surface area (Å²) in [6, 6.07) is 6.73. The summed E-state index contributed by atoms with van der Waals surface area (Å²) >= 11 is 0.446. The first-order valence-corrected chi connectivity index (χ1v) is 8.84. The Morgan fingerprint density at radius 3 is 2.81 bits per heavy atom. The number of Topliss-reactive ketones (excluding diaryl/α,β-unsaturated/α-hetero) is 1. The van der Waals surface area contributed by atoms with E-state index in [4.69, 9.17) is 4.42 Å². The number of alkyl halides is 2. The van der Waals surface area contributed by atoms with Crippen molar-refractivity contribution in [3.8, 4) is 6.07 Å². The Morgan fingerprint density at radius 2 is 2.19 bits per heavy atom. The van der Waals surface area contributed by atoms with Crippen LogP contribution >= 0.6 is 11.8 Å². The van der Waals surface area contributed by atoms with Crippen LogP contribution in [0.4, 0.5) is 8.78 Å². The van der Waals surface area contributed by atoms with Crippen LogP contribution in [0.1, 0.15) is 33.3 Å². The van der Waals surface area contributed by atoms with Gasteiger partial charge in [-0.1, -0.05) is 17.8 Å². The number of allylic oxidation sites excluding steroid dienone is 2. The molecule has 0 aliphatic heterocycles. The third kappa shape index (κ3) is 4.52. The summed E-state index contributed by atoms with van der Waals surface area (Å²) in [5.74, 6) is -2.24. The first-order valence-electron chi connectivity index (χ1n) is 7.80. The largest absolute Gasteiger partial charge is 0.461 e. The molecule has 2 aromatic rings. The minimum Gasteiger partial charge on any atom is -0.461 e. The van der Waals surface area contributed by atoms with Crippen molar-refractivity contribution in [1.82, 2.24) is 4.57 Å². The Morgan fingerprint density at radius 1 is 1.46 bits per heavy atom. The number of carbonyl (C=O) groups excluding carboxylic acids is 1. The van der Waals surface area contributed by atoms with Crippen molar-refractivity contribution >= 4 is 23.6 Å². The molecule has 0 aliphatic rings. The number of nitriles is 1. The van der Waals surface area contributed by atoms with Crippen LogP contribution in [0, 0.1) is 25.2 Å². The molecule has 0 saturated heterocycles. The highest BCUT2D eigenvalue weighted by atomic mass is 32.2. The normalized spacial score (nSPS) is 11.6. The van der Waals surface area contributed by atoms with E-state index in [1.807, 2.05) is 24.5 Å². The number of hydrogen-bond acceptors (Lipinski definition) is 4. The van der Waals surface area contributed by atoms with Crippen LogP contribution in [-0.4, -0.2) is 16.1 Å². The molecule has 136 valence electrons. The number of ketones is 1. The summed E-state index contributed by atoms with van der Waals surface area (Å²) < 4.78 is 31.8. The molecule has 0 atom stereocenters. The summed E-state index contributed by atoms with van der Waals surface area (Å²) in [6.07, 6.45) is 3.07. The maximum atomic E-state index is 12.7. The predicted octanol–water partition coefficient (Wildman–Crippen LogP) is 5.13. The smallest absolute Gasteiger partial charge is 0.284 e. The zero-order valence-electron chi connectivity index (χ0n) is 14.5. The quantitative estimate of drug-likeness (QED) is 0.277. The first kappa shape index (κ1) is 19.7. The van der Waals surface area contributed by atoms with Gasteiger partial charge < -0.3 is 8.98 Å². The Labute approximate surface area is 154 Å². The molecule has 0 amide bonds. The molecule has 0 spiro atoms. The van der Waals surface area contributed by atoms with Crippen molar-refractivity contribution in [2.24, 2.45) is 0 Å². The van der Waals surface area contributed by atoms with Crippen molar-refractivity contribution in [3.63, 3.8) is 0 Å². The second-order valence-corrected chi connectivity index (χ2v) is 6.54. The number of hydrogen-bond donors (Lipinski definition) is 0. The second-order valence-electron chi connectivity index (χ2n) is 5.56. The number of thioether (sulfide) groups is 1. The van der Waals surface area contributed by atoms with Crippen LogP contribution in [0.2, 0.25) is 0 Å². The van der Waals surface area contributed by atoms with Crippen LogP contribution < -0.4 is 0 Å². The van der Waals surface area contributed by atoms with Gasteiger partial charge in [0.2, 0.25) is 5.78 Å². The van der Waals surface area contributed by atoms with E-state index in [2.05, 4.69) is 6.58 Å². The molecule has 7 heteroatoms. The van der Waals surface area contributed by atoms with E-state index < -0.39 is 11.5 Å². The number of halogens is 2. The van der Waals surface area contributed by atoms with Gasteiger partial charge in [-0.2, -0.15) is 14.0 Å². The maximum Gasteiger partial charge on any atom is 0.284 e. The van der Waals surface area contributed by atoms with Crippen molar-refractivity contribution in [2.45, 2.75) is 31.9 Å². The lowest BCUT2D eigenvalue weighted by molar-refractivity contribution is 0.103. The van der Waals surface area contributed by atoms with E-state index in [-0.39, 0.29) is 17.1 Å². The van der Waals surface area contributed by atoms with Gasteiger partial charge in [0.05, 0.1) is 5.75 Å². The van der Waals surface area contributed by atoms with Gasteiger partial charge in [-0.3, -0.25) is 4.79 Å². The fourth-order valence-electron chi connectivity index (χ4n) is 2.57. The Bertz CT molecular complexity index is 888. The molecule has 0 aromatic carbocycles. The zero-order chi connectivity index (χ0) is 19.3. The van der Waals surface area contributed by atoms with Crippen LogP contribution in [0.25, 0.3) is 6.08 Å². The van der Waals surface area contributed by atoms with Gasteiger partial charge in [-0.25, -0.2) is 0 Å². The van der Waals surface area contributed by atoms with Gasteiger partial charge in [0.25, 0.3) is 5.76 Å². The average Bonchev–Trinajstić information content (AvgIpc) is 3.17. The lowest BCUT2D eigenvalue weighted by atomic mass is 10.0. The minimum absolute atomic E-state index is 0.0179. The Kier molecular flexibility index (Phi) is 6.58. The summed E-state index contributed by atoms with van der Waals surface area (Å²) in [7, 11) is 0. The van der Waals surface area contributed by atoms with Gasteiger partial charge in [0, 0.05) is 29.6 Å². The zero-order valence-corrected chi connectivity index (χ0v) is 15.3. The molecule has 0 radical (unpaired) electrons. The van der Waals surface area contributed by atoms with Crippen LogP contribution in [-0.2, 0) is 12.3 Å². The van der Waals surface area contributed by atoms with Crippen molar-refractivity contribution < 1.29 is 18.0 Å². The van der Waals surface area contributed by atoms with Crippen LogP contribution in [0.15, 0.2) is 40.8 Å². The SMILES string of the molecule is C=CCn1c(C)cc(C(=O)/C(C#N)=C/c2ccc(CSC(F)F)o2)c1C. The number of rotatable bonds is 8. The van der Waals surface area contributed by atoms with Crippen molar-refractivity contribution in [2.75, 3.05) is 0 Å². The number of aromatic nitrogens is 1. The molecule has 0 saturated carbocycles. The third-order valence-electron chi connectivity index (χ3n) is 3.82. The van der Waals surface area contributed by atoms with Gasteiger partial charge >= 0.3 is 0 Å². The molecular formula is C19H18F2N2O2S. The van der Waals surface area contributed by atoms with Gasteiger partial charge in [-0.15, -0.1) is 6.58 Å². The average molecular weight is 376 g/mol. The highest BCUT2D eigenvalue weighted by molar-refractivity contribution is 7.98. The molecule has 4 nitrogen and oxygen atoms in total. The van der Waals surface area contributed by atoms with Gasteiger partial charge in [0.15, 0.2) is 0 Å². The summed E-state index contributed by atoms with van der Waals surface area (Å²) in [6.45, 7) is 7.95. The number of nitrogens with zero attached hydrogens (tertiary/aromatic N) is 2. The number of carbonyl (C=O) groups is 1. The Balaban J connectivity index is 2.27. The van der Waals surface area contributed by atoms with E-state index in [0.717, 1.165) is 11.4 Å². The lowest BCUT2D eigenvalue weighted by Crippen LogP contribution is -2.05. The molecular weight excluding hydrogens is 358 g/mol. The highest BCUT2D eigenvalue weighted by Gasteiger charge is 2.19. The molecule has 2 rings (SSSR count). The molecule has 0 bridgehead atoms. The second kappa shape index (κ2) is 8.68. The molecule has 0 unspecified atom stereocenters. The molecule has 2 aromatic heterocycles. The van der Waals surface area contributed by atoms with E-state index >= 15 is 0 Å². The highest BCUT2D eigenvalue weighted by Crippen LogP contribution is 2.23. The summed E-state index contributed by atoms with van der Waals surface area (Å²) in [5.41, 5.74) is 2.01. The van der Waals surface area contributed by atoms with E-state index in [1.54, 1.807) is 24.3 Å². The molecule has 0 N–H and O–H groups in total. The summed E-state index contributed by atoms with van der Waals surface area (Å²) in [4.78, 5) is 12.7. The summed E-state index contributed by atoms with van der Waals surface area (Å²) in [5, 5.41) is 9.37. The maximum absolute atomic E-state index is 12.7. The van der Waals surface area contributed by atoms with E-state index in [9.17, 15) is 18.8 Å². The lowest BCUT2D eigenvalue weighted by Gasteiger charge is -2.05. The first-order chi connectivity index (χ1) is 12.4. The standard InChI is InChI=1S/C19H18F2N2O2S/c1-4-7-23-12(2)8-17(13(23)3)18(24)14(10-22)9-15-5-6-16(25-15)11-26-19(20)21/h4-6,8-9,19H,1,7,11H2,2-3H3/b14-9+. The molecule has 2 heterocycles. The fourth-order valence-corrected chi connectivity index (χ4v) is 3.02. The predicted molar refractivity (Wildman–Crippen MR) is 98.0 cm³/mol. The third-order valence-corrected chi connectivity index (χ3v) is 4.52. The van der Waals surface area contributed by atoms with E-state index in [0.29, 0.717) is 29.6 Å². The minimum atomic E-state index is -2.49. The monoisotopic (exact) mass is 376 g/mol. The van der Waals surface area contributed by atoms with Gasteiger partial charge in [0.1, 0.15) is 23.2 Å². The molecule has 0 aliphatic carbocycles. The fraction of sp³-hybridized carbons (Fsp3) is 0.263. The molecule has 0 fully saturated rings. The van der Waals surface area contributed by atoms with E-state index in [1.165, 1.54) is 6.08 Å². The molecule has 26 heavy (non-hydrogen) atoms. The van der Waals surface area contributed by atoms with Crippen LogP contribution in [0.5, 0.6) is 0 Å². The topological polar surface area (TPSA) is 58.9 Å². The van der Waals surface area contributed by atoms with Crippen molar-refractivity contribution in [3.05, 3.63) is 64.9 Å². The number of furan rings is 1. The number of aryl methyl sites for hydroxylation is 1. The van der Waals surface area contributed by atoms with Gasteiger partial charge in [-0.05, 0) is 32.0 Å².